The van der Waals surface area contributed by atoms with Crippen molar-refractivity contribution >= 4 is 11.9 Å². The van der Waals surface area contributed by atoms with Gasteiger partial charge in [0.2, 0.25) is 0 Å². The first kappa shape index (κ1) is 8.27. The molecule has 4 aliphatic carbocycles. The van der Waals surface area contributed by atoms with E-state index in [1.807, 2.05) is 0 Å². The van der Waals surface area contributed by atoms with Gasteiger partial charge in [0.05, 0.1) is 0 Å². The molecule has 0 amide bonds. The van der Waals surface area contributed by atoms with Crippen LogP contribution in [-0.2, 0) is 0 Å². The summed E-state index contributed by atoms with van der Waals surface area (Å²) in [7, 11) is 0. The standard InChI is InChI=1S/C10H15NOS/c12-11-13-10-8-2-6-1-7(4-8)5-9(10)3-6/h6-10H,1-5H2. The summed E-state index contributed by atoms with van der Waals surface area (Å²) in [5.74, 6) is 3.68. The summed E-state index contributed by atoms with van der Waals surface area (Å²) in [5.41, 5.74) is 0. The van der Waals surface area contributed by atoms with E-state index in [1.54, 1.807) is 0 Å². The molecule has 13 heavy (non-hydrogen) atoms. The van der Waals surface area contributed by atoms with Crippen LogP contribution < -0.4 is 0 Å². The molecule has 3 heteroatoms. The second-order valence-electron chi connectivity index (χ2n) is 5.08. The second-order valence-corrected chi connectivity index (χ2v) is 5.98. The van der Waals surface area contributed by atoms with Crippen molar-refractivity contribution in [2.75, 3.05) is 0 Å². The lowest BCUT2D eigenvalue weighted by molar-refractivity contribution is 0.0267. The highest BCUT2D eigenvalue weighted by Gasteiger charge is 2.48. The summed E-state index contributed by atoms with van der Waals surface area (Å²) >= 11 is 1.34. The van der Waals surface area contributed by atoms with Gasteiger partial charge in [-0.3, -0.25) is 0 Å². The summed E-state index contributed by atoms with van der Waals surface area (Å²) < 4.78 is 3.05. The Morgan fingerprint density at radius 2 is 1.46 bits per heavy atom. The van der Waals surface area contributed by atoms with Crippen LogP contribution in [0.5, 0.6) is 0 Å². The summed E-state index contributed by atoms with van der Waals surface area (Å²) in [6.45, 7) is 0. The quantitative estimate of drug-likeness (QED) is 0.502. The highest BCUT2D eigenvalue weighted by Crippen LogP contribution is 2.57. The van der Waals surface area contributed by atoms with E-state index in [0.717, 1.165) is 23.7 Å². The van der Waals surface area contributed by atoms with Gasteiger partial charge in [0.1, 0.15) is 0 Å². The largest absolute Gasteiger partial charge is 0.137 e. The van der Waals surface area contributed by atoms with Crippen LogP contribution in [0.1, 0.15) is 32.1 Å². The average molecular weight is 197 g/mol. The van der Waals surface area contributed by atoms with Gasteiger partial charge in [0.15, 0.2) is 0 Å². The predicted octanol–water partition coefficient (Wildman–Crippen LogP) is 3.23. The normalized spacial score (nSPS) is 52.5. The third-order valence-electron chi connectivity index (χ3n) is 4.30. The average Bonchev–Trinajstić information content (AvgIpc) is 2.10. The molecular weight excluding hydrogens is 182 g/mol. The number of hydrogen-bond donors (Lipinski definition) is 0. The molecule has 0 aliphatic heterocycles. The monoisotopic (exact) mass is 197 g/mol. The van der Waals surface area contributed by atoms with E-state index in [9.17, 15) is 4.91 Å². The molecule has 4 bridgehead atoms. The van der Waals surface area contributed by atoms with Gasteiger partial charge in [0.25, 0.3) is 0 Å². The molecule has 0 aromatic heterocycles. The van der Waals surface area contributed by atoms with Crippen molar-refractivity contribution in [2.45, 2.75) is 37.4 Å². The van der Waals surface area contributed by atoms with E-state index in [2.05, 4.69) is 4.58 Å². The van der Waals surface area contributed by atoms with Crippen molar-refractivity contribution in [3.05, 3.63) is 4.91 Å². The van der Waals surface area contributed by atoms with E-state index in [4.69, 9.17) is 0 Å². The Morgan fingerprint density at radius 3 is 1.92 bits per heavy atom. The summed E-state index contributed by atoms with van der Waals surface area (Å²) in [5, 5.41) is 0.588. The second kappa shape index (κ2) is 2.97. The van der Waals surface area contributed by atoms with Gasteiger partial charge in [-0.25, -0.2) is 0 Å². The van der Waals surface area contributed by atoms with Crippen molar-refractivity contribution in [3.63, 3.8) is 0 Å². The van der Waals surface area contributed by atoms with E-state index >= 15 is 0 Å². The fourth-order valence-corrected chi connectivity index (χ4v) is 4.99. The summed E-state index contributed by atoms with van der Waals surface area (Å²) in [6.07, 6.45) is 7.04. The third-order valence-corrected chi connectivity index (χ3v) is 5.40. The molecule has 72 valence electrons. The molecule has 0 heterocycles. The van der Waals surface area contributed by atoms with E-state index in [-0.39, 0.29) is 0 Å². The van der Waals surface area contributed by atoms with Gasteiger partial charge in [-0.2, -0.15) is 0 Å². The van der Waals surface area contributed by atoms with E-state index < -0.39 is 0 Å². The van der Waals surface area contributed by atoms with Gasteiger partial charge >= 0.3 is 0 Å². The van der Waals surface area contributed by atoms with E-state index in [1.165, 1.54) is 44.1 Å². The molecule has 0 radical (unpaired) electrons. The van der Waals surface area contributed by atoms with Crippen molar-refractivity contribution in [2.24, 2.45) is 28.3 Å². The van der Waals surface area contributed by atoms with Crippen LogP contribution >= 0.6 is 11.9 Å². The highest BCUT2D eigenvalue weighted by atomic mass is 32.2. The molecule has 4 saturated carbocycles. The highest BCUT2D eigenvalue weighted by molar-refractivity contribution is 7.98. The maximum absolute atomic E-state index is 10.3. The first-order valence-electron chi connectivity index (χ1n) is 5.35. The number of rotatable bonds is 2. The number of nitroso groups, excluding NO2 is 1. The Bertz CT molecular complexity index is 203. The maximum atomic E-state index is 10.3. The van der Waals surface area contributed by atoms with Gasteiger partial charge in [0, 0.05) is 21.8 Å². The molecule has 0 saturated heterocycles. The first-order valence-corrected chi connectivity index (χ1v) is 6.19. The molecule has 0 N–H and O–H groups in total. The lowest BCUT2D eigenvalue weighted by atomic mass is 9.56. The number of hydrogen-bond acceptors (Lipinski definition) is 3. The Morgan fingerprint density at radius 1 is 0.923 bits per heavy atom. The van der Waals surface area contributed by atoms with E-state index in [0.29, 0.717) is 5.25 Å². The van der Waals surface area contributed by atoms with Gasteiger partial charge in [-0.05, 0) is 55.8 Å². The lowest BCUT2D eigenvalue weighted by Crippen LogP contribution is -2.46. The molecule has 0 aromatic carbocycles. The Labute approximate surface area is 83.0 Å². The smallest absolute Gasteiger partial charge is 0.0357 e. The van der Waals surface area contributed by atoms with Crippen LogP contribution in [0.3, 0.4) is 0 Å². The Balaban J connectivity index is 1.81. The molecular formula is C10H15NOS. The zero-order valence-corrected chi connectivity index (χ0v) is 8.50. The zero-order valence-electron chi connectivity index (χ0n) is 7.69. The van der Waals surface area contributed by atoms with Crippen LogP contribution in [0.4, 0.5) is 0 Å². The SMILES string of the molecule is O=NSC1C2CC3CC(C2)CC1C3. The third kappa shape index (κ3) is 1.24. The molecule has 0 aromatic rings. The van der Waals surface area contributed by atoms with Crippen LogP contribution in [0.2, 0.25) is 0 Å². The Hall–Kier alpha value is -0.0500. The van der Waals surface area contributed by atoms with Crippen LogP contribution in [0, 0.1) is 28.6 Å². The fourth-order valence-electron chi connectivity index (χ4n) is 4.10. The van der Waals surface area contributed by atoms with Gasteiger partial charge < -0.3 is 0 Å². The number of nitrogens with zero attached hydrogens (tertiary/aromatic N) is 1. The van der Waals surface area contributed by atoms with Crippen LogP contribution in [0.15, 0.2) is 4.58 Å². The molecule has 0 unspecified atom stereocenters. The van der Waals surface area contributed by atoms with Crippen molar-refractivity contribution in [1.82, 2.24) is 0 Å². The van der Waals surface area contributed by atoms with Gasteiger partial charge in [-0.1, -0.05) is 0 Å². The van der Waals surface area contributed by atoms with Crippen molar-refractivity contribution in [3.8, 4) is 0 Å². The minimum absolute atomic E-state index is 0.588. The molecule has 0 spiro atoms. The molecule has 4 rings (SSSR count). The molecule has 2 nitrogen and oxygen atoms in total. The molecule has 0 atom stereocenters. The first-order chi connectivity index (χ1) is 6.36. The molecule has 4 fully saturated rings. The minimum Gasteiger partial charge on any atom is -0.137 e. The predicted molar refractivity (Wildman–Crippen MR) is 54.2 cm³/mol. The van der Waals surface area contributed by atoms with Crippen LogP contribution in [-0.4, -0.2) is 5.25 Å². The van der Waals surface area contributed by atoms with Gasteiger partial charge in [-0.15, -0.1) is 4.91 Å². The minimum atomic E-state index is 0.588. The summed E-state index contributed by atoms with van der Waals surface area (Å²) in [6, 6.07) is 0. The zero-order chi connectivity index (χ0) is 8.84. The fraction of sp³-hybridized carbons (Fsp3) is 1.00. The maximum Gasteiger partial charge on any atom is 0.0357 e. The van der Waals surface area contributed by atoms with Crippen molar-refractivity contribution < 1.29 is 0 Å². The molecule has 4 aliphatic rings. The van der Waals surface area contributed by atoms with Crippen molar-refractivity contribution in [1.29, 1.82) is 0 Å². The Kier molecular flexibility index (Phi) is 1.89. The van der Waals surface area contributed by atoms with Crippen LogP contribution in [0.25, 0.3) is 0 Å². The lowest BCUT2D eigenvalue weighted by Gasteiger charge is -2.53. The topological polar surface area (TPSA) is 29.4 Å². The summed E-state index contributed by atoms with van der Waals surface area (Å²) in [4.78, 5) is 10.3.